The summed E-state index contributed by atoms with van der Waals surface area (Å²) >= 11 is 0. The molecule has 0 aromatic carbocycles. The number of hydrogen-bond donors (Lipinski definition) is 1. The summed E-state index contributed by atoms with van der Waals surface area (Å²) < 4.78 is 38.4. The largest absolute Gasteiger partial charge is 0.502 e. The molecule has 0 rings (SSSR count). The topological polar surface area (TPSA) is 72.8 Å². The van der Waals surface area contributed by atoms with Crippen molar-refractivity contribution < 1.29 is 22.4 Å². The van der Waals surface area contributed by atoms with Gasteiger partial charge in [0.1, 0.15) is 0 Å². The first kappa shape index (κ1) is 12.4. The predicted molar refractivity (Wildman–Crippen MR) is 48.0 cm³/mol. The van der Waals surface area contributed by atoms with Gasteiger partial charge in [-0.05, 0) is 0 Å². The van der Waals surface area contributed by atoms with E-state index in [0.29, 0.717) is 19.6 Å². The van der Waals surface area contributed by atoms with Crippen LogP contribution in [0.5, 0.6) is 0 Å². The highest BCUT2D eigenvalue weighted by Gasteiger charge is 2.02. The Kier molecular flexibility index (Phi) is 6.56. The summed E-state index contributed by atoms with van der Waals surface area (Å²) in [6.45, 7) is 4.26. The standard InChI is InChI=1S/C7H14O5S/c1-2-11-4-3-5-12-6-7-13(8,9)10/h2H,1,3-7H2,(H,8,9,10). The third-order valence-electron chi connectivity index (χ3n) is 1.15. The van der Waals surface area contributed by atoms with Gasteiger partial charge in [-0.15, -0.1) is 0 Å². The van der Waals surface area contributed by atoms with Crippen LogP contribution in [0.15, 0.2) is 12.8 Å². The van der Waals surface area contributed by atoms with Crippen LogP contribution in [-0.4, -0.2) is 38.5 Å². The van der Waals surface area contributed by atoms with E-state index in [-0.39, 0.29) is 12.4 Å². The minimum atomic E-state index is -3.89. The Balaban J connectivity index is 3.13. The molecule has 0 saturated carbocycles. The van der Waals surface area contributed by atoms with Crippen molar-refractivity contribution >= 4 is 10.1 Å². The van der Waals surface area contributed by atoms with Gasteiger partial charge < -0.3 is 9.47 Å². The Labute approximate surface area is 78.1 Å². The highest BCUT2D eigenvalue weighted by atomic mass is 32.2. The lowest BCUT2D eigenvalue weighted by atomic mass is 10.5. The summed E-state index contributed by atoms with van der Waals surface area (Å²) in [4.78, 5) is 0. The summed E-state index contributed by atoms with van der Waals surface area (Å²) in [6, 6.07) is 0. The van der Waals surface area contributed by atoms with Crippen molar-refractivity contribution in [1.29, 1.82) is 0 Å². The first-order valence-electron chi connectivity index (χ1n) is 3.81. The van der Waals surface area contributed by atoms with E-state index in [1.165, 1.54) is 6.26 Å². The molecule has 0 spiro atoms. The quantitative estimate of drug-likeness (QED) is 0.357. The van der Waals surface area contributed by atoms with Gasteiger partial charge in [0.15, 0.2) is 0 Å². The van der Waals surface area contributed by atoms with E-state index in [1.807, 2.05) is 0 Å². The van der Waals surface area contributed by atoms with Crippen molar-refractivity contribution in [2.45, 2.75) is 6.42 Å². The lowest BCUT2D eigenvalue weighted by Crippen LogP contribution is -2.11. The SMILES string of the molecule is C=COCCCOCCS(=O)(=O)O. The van der Waals surface area contributed by atoms with Crippen molar-refractivity contribution in [1.82, 2.24) is 0 Å². The van der Waals surface area contributed by atoms with Crippen LogP contribution in [0.3, 0.4) is 0 Å². The monoisotopic (exact) mass is 210 g/mol. The molecule has 0 heterocycles. The maximum absolute atomic E-state index is 10.2. The van der Waals surface area contributed by atoms with Crippen molar-refractivity contribution in [3.05, 3.63) is 12.8 Å². The van der Waals surface area contributed by atoms with Gasteiger partial charge in [-0.1, -0.05) is 6.58 Å². The van der Waals surface area contributed by atoms with Crippen LogP contribution in [0.4, 0.5) is 0 Å². The summed E-state index contributed by atoms with van der Waals surface area (Å²) in [6.07, 6.45) is 2.00. The zero-order valence-corrected chi connectivity index (χ0v) is 8.12. The van der Waals surface area contributed by atoms with Gasteiger partial charge >= 0.3 is 0 Å². The van der Waals surface area contributed by atoms with Crippen LogP contribution < -0.4 is 0 Å². The Morgan fingerprint density at radius 2 is 2.00 bits per heavy atom. The zero-order valence-electron chi connectivity index (χ0n) is 7.31. The minimum Gasteiger partial charge on any atom is -0.502 e. The second-order valence-electron chi connectivity index (χ2n) is 2.29. The molecule has 0 saturated heterocycles. The van der Waals surface area contributed by atoms with Crippen LogP contribution in [0, 0.1) is 0 Å². The Morgan fingerprint density at radius 1 is 1.31 bits per heavy atom. The fourth-order valence-electron chi connectivity index (χ4n) is 0.594. The average molecular weight is 210 g/mol. The molecule has 78 valence electrons. The van der Waals surface area contributed by atoms with E-state index in [1.54, 1.807) is 0 Å². The average Bonchev–Trinajstić information content (AvgIpc) is 2.01. The smallest absolute Gasteiger partial charge is 0.267 e. The van der Waals surface area contributed by atoms with Gasteiger partial charge in [-0.25, -0.2) is 0 Å². The highest BCUT2D eigenvalue weighted by molar-refractivity contribution is 7.85. The third kappa shape index (κ3) is 11.4. The molecule has 0 aromatic rings. The van der Waals surface area contributed by atoms with Crippen molar-refractivity contribution in [2.24, 2.45) is 0 Å². The van der Waals surface area contributed by atoms with Crippen LogP contribution in [0.1, 0.15) is 6.42 Å². The molecule has 0 aromatic heterocycles. The maximum Gasteiger partial charge on any atom is 0.267 e. The van der Waals surface area contributed by atoms with Crippen molar-refractivity contribution in [2.75, 3.05) is 25.6 Å². The third-order valence-corrected chi connectivity index (χ3v) is 1.84. The zero-order chi connectivity index (χ0) is 10.2. The van der Waals surface area contributed by atoms with Gasteiger partial charge in [0.25, 0.3) is 10.1 Å². The molecule has 0 atom stereocenters. The minimum absolute atomic E-state index is 0.00687. The van der Waals surface area contributed by atoms with Crippen molar-refractivity contribution in [3.63, 3.8) is 0 Å². The van der Waals surface area contributed by atoms with Crippen LogP contribution >= 0.6 is 0 Å². The van der Waals surface area contributed by atoms with Crippen LogP contribution in [0.2, 0.25) is 0 Å². The first-order chi connectivity index (χ1) is 6.06. The lowest BCUT2D eigenvalue weighted by Gasteiger charge is -2.02. The van der Waals surface area contributed by atoms with Gasteiger partial charge in [-0.3, -0.25) is 4.55 Å². The van der Waals surface area contributed by atoms with Gasteiger partial charge in [-0.2, -0.15) is 8.42 Å². The van der Waals surface area contributed by atoms with Crippen LogP contribution in [0.25, 0.3) is 0 Å². The molecule has 0 aliphatic rings. The summed E-state index contributed by atoms with van der Waals surface area (Å²) in [5, 5.41) is 0. The normalized spacial score (nSPS) is 11.2. The van der Waals surface area contributed by atoms with Gasteiger partial charge in [0.05, 0.1) is 25.2 Å². The lowest BCUT2D eigenvalue weighted by molar-refractivity contribution is 0.122. The molecular formula is C7H14O5S. The molecule has 0 aliphatic carbocycles. The summed E-state index contributed by atoms with van der Waals surface area (Å²) in [5.41, 5.74) is 0. The van der Waals surface area contributed by atoms with E-state index in [9.17, 15) is 8.42 Å². The highest BCUT2D eigenvalue weighted by Crippen LogP contribution is 1.87. The van der Waals surface area contributed by atoms with Gasteiger partial charge in [0.2, 0.25) is 0 Å². The molecule has 13 heavy (non-hydrogen) atoms. The van der Waals surface area contributed by atoms with E-state index in [2.05, 4.69) is 6.58 Å². The predicted octanol–water partition coefficient (Wildman–Crippen LogP) is 0.441. The Bertz CT molecular complexity index is 221. The maximum atomic E-state index is 10.2. The molecule has 0 bridgehead atoms. The van der Waals surface area contributed by atoms with E-state index in [0.717, 1.165) is 0 Å². The Morgan fingerprint density at radius 3 is 2.54 bits per heavy atom. The molecule has 0 unspecified atom stereocenters. The van der Waals surface area contributed by atoms with Crippen LogP contribution in [-0.2, 0) is 19.6 Å². The van der Waals surface area contributed by atoms with Gasteiger partial charge in [0, 0.05) is 13.0 Å². The number of hydrogen-bond acceptors (Lipinski definition) is 4. The fourth-order valence-corrected chi connectivity index (χ4v) is 0.922. The molecule has 0 radical (unpaired) electrons. The van der Waals surface area contributed by atoms with E-state index in [4.69, 9.17) is 14.0 Å². The molecule has 5 nitrogen and oxygen atoms in total. The molecule has 6 heteroatoms. The molecular weight excluding hydrogens is 196 g/mol. The summed E-state index contributed by atoms with van der Waals surface area (Å²) in [5.74, 6) is -0.366. The molecule has 0 fully saturated rings. The van der Waals surface area contributed by atoms with Crippen molar-refractivity contribution in [3.8, 4) is 0 Å². The second kappa shape index (κ2) is 6.88. The number of ether oxygens (including phenoxy) is 2. The van der Waals surface area contributed by atoms with E-state index >= 15 is 0 Å². The number of rotatable bonds is 8. The Hall–Kier alpha value is -0.590. The molecule has 1 N–H and O–H groups in total. The summed E-state index contributed by atoms with van der Waals surface area (Å²) in [7, 11) is -3.89. The first-order valence-corrected chi connectivity index (χ1v) is 5.42. The fraction of sp³-hybridized carbons (Fsp3) is 0.714. The van der Waals surface area contributed by atoms with E-state index < -0.39 is 10.1 Å². The molecule has 0 aliphatic heterocycles. The second-order valence-corrected chi connectivity index (χ2v) is 3.86. The molecule has 0 amide bonds.